The lowest BCUT2D eigenvalue weighted by Gasteiger charge is -2.36. The van der Waals surface area contributed by atoms with Crippen LogP contribution in [0.3, 0.4) is 0 Å². The van der Waals surface area contributed by atoms with Crippen molar-refractivity contribution >= 4 is 5.82 Å². The summed E-state index contributed by atoms with van der Waals surface area (Å²) in [6, 6.07) is 2.29. The molecule has 2 aliphatic heterocycles. The largest absolute Gasteiger partial charge is 0.377 e. The van der Waals surface area contributed by atoms with Gasteiger partial charge in [0.25, 0.3) is 0 Å². The molecular formula is C16H23N5O. The Bertz CT molecular complexity index is 569. The number of aryl methyl sites for hydroxylation is 1. The molecule has 3 heterocycles. The molecule has 2 aliphatic rings. The van der Waals surface area contributed by atoms with E-state index in [0.29, 0.717) is 11.7 Å². The number of hydrogen-bond acceptors (Lipinski definition) is 6. The molecule has 6 nitrogen and oxygen atoms in total. The van der Waals surface area contributed by atoms with E-state index in [-0.39, 0.29) is 0 Å². The highest BCUT2D eigenvalue weighted by atomic mass is 16.5. The number of piperazine rings is 1. The maximum atomic E-state index is 9.42. The lowest BCUT2D eigenvalue weighted by Crippen LogP contribution is -2.49. The van der Waals surface area contributed by atoms with Gasteiger partial charge in [-0.05, 0) is 32.3 Å². The smallest absolute Gasteiger partial charge is 0.169 e. The summed E-state index contributed by atoms with van der Waals surface area (Å²) in [5, 5.41) is 17.9. The van der Waals surface area contributed by atoms with Crippen LogP contribution in [0.25, 0.3) is 0 Å². The molecule has 0 aromatic carbocycles. The number of anilines is 1. The van der Waals surface area contributed by atoms with E-state index in [1.807, 2.05) is 13.8 Å². The molecule has 0 N–H and O–H groups in total. The minimum atomic E-state index is 0.405. The molecule has 1 aromatic heterocycles. The Morgan fingerprint density at radius 1 is 1.23 bits per heavy atom. The molecule has 0 aliphatic carbocycles. The zero-order valence-electron chi connectivity index (χ0n) is 13.4. The number of aromatic nitrogens is 2. The fourth-order valence-electron chi connectivity index (χ4n) is 3.17. The average molecular weight is 301 g/mol. The first kappa shape index (κ1) is 15.2. The summed E-state index contributed by atoms with van der Waals surface area (Å²) in [4.78, 5) is 4.64. The molecular weight excluding hydrogens is 278 g/mol. The monoisotopic (exact) mass is 301 g/mol. The first-order valence-corrected chi connectivity index (χ1v) is 8.02. The van der Waals surface area contributed by atoms with Crippen LogP contribution in [0.15, 0.2) is 0 Å². The molecule has 22 heavy (non-hydrogen) atoms. The van der Waals surface area contributed by atoms with Crippen molar-refractivity contribution in [1.29, 1.82) is 5.26 Å². The summed E-state index contributed by atoms with van der Waals surface area (Å²) >= 11 is 0. The second-order valence-corrected chi connectivity index (χ2v) is 6.14. The van der Waals surface area contributed by atoms with E-state index in [0.717, 1.165) is 56.4 Å². The van der Waals surface area contributed by atoms with Crippen molar-refractivity contribution in [2.75, 3.05) is 44.2 Å². The predicted molar refractivity (Wildman–Crippen MR) is 83.8 cm³/mol. The van der Waals surface area contributed by atoms with Crippen molar-refractivity contribution in [1.82, 2.24) is 15.1 Å². The predicted octanol–water partition coefficient (Wildman–Crippen LogP) is 1.27. The van der Waals surface area contributed by atoms with Gasteiger partial charge < -0.3 is 9.64 Å². The zero-order chi connectivity index (χ0) is 15.5. The van der Waals surface area contributed by atoms with E-state index in [1.165, 1.54) is 12.8 Å². The molecule has 3 rings (SSSR count). The SMILES string of the molecule is Cc1nnc(N2CCN(C[C@@H]3CCCO3)CC2)c(C#N)c1C. The Morgan fingerprint density at radius 2 is 2.00 bits per heavy atom. The Balaban J connectivity index is 1.64. The molecule has 0 bridgehead atoms. The van der Waals surface area contributed by atoms with Crippen LogP contribution < -0.4 is 4.90 Å². The number of nitriles is 1. The topological polar surface area (TPSA) is 65.3 Å². The molecule has 0 amide bonds. The Labute approximate surface area is 131 Å². The highest BCUT2D eigenvalue weighted by Crippen LogP contribution is 2.23. The molecule has 6 heteroatoms. The van der Waals surface area contributed by atoms with Crippen LogP contribution in [0.1, 0.15) is 29.7 Å². The lowest BCUT2D eigenvalue weighted by atomic mass is 10.1. The van der Waals surface area contributed by atoms with E-state index < -0.39 is 0 Å². The van der Waals surface area contributed by atoms with Crippen LogP contribution in [0.2, 0.25) is 0 Å². The Hall–Kier alpha value is -1.71. The first-order valence-electron chi connectivity index (χ1n) is 8.02. The molecule has 0 spiro atoms. The van der Waals surface area contributed by atoms with Crippen molar-refractivity contribution in [3.63, 3.8) is 0 Å². The molecule has 0 unspecified atom stereocenters. The zero-order valence-corrected chi connectivity index (χ0v) is 13.4. The molecule has 1 aromatic rings. The highest BCUT2D eigenvalue weighted by Gasteiger charge is 2.25. The van der Waals surface area contributed by atoms with Gasteiger partial charge in [0.05, 0.1) is 11.8 Å². The van der Waals surface area contributed by atoms with Gasteiger partial charge in [-0.3, -0.25) is 4.90 Å². The lowest BCUT2D eigenvalue weighted by molar-refractivity contribution is 0.0712. The van der Waals surface area contributed by atoms with Gasteiger partial charge in [-0.15, -0.1) is 5.10 Å². The van der Waals surface area contributed by atoms with Crippen LogP contribution in [0.4, 0.5) is 5.82 Å². The van der Waals surface area contributed by atoms with E-state index in [2.05, 4.69) is 26.1 Å². The third kappa shape index (κ3) is 3.06. The Kier molecular flexibility index (Phi) is 4.55. The summed E-state index contributed by atoms with van der Waals surface area (Å²) in [6.07, 6.45) is 2.78. The fourth-order valence-corrected chi connectivity index (χ4v) is 3.17. The summed E-state index contributed by atoms with van der Waals surface area (Å²) in [6.45, 7) is 9.52. The summed E-state index contributed by atoms with van der Waals surface area (Å²) in [7, 11) is 0. The van der Waals surface area contributed by atoms with Crippen molar-refractivity contribution in [3.8, 4) is 6.07 Å². The number of nitrogens with zero attached hydrogens (tertiary/aromatic N) is 5. The first-order chi connectivity index (χ1) is 10.7. The van der Waals surface area contributed by atoms with Crippen LogP contribution in [-0.2, 0) is 4.74 Å². The van der Waals surface area contributed by atoms with E-state index in [1.54, 1.807) is 0 Å². The fraction of sp³-hybridized carbons (Fsp3) is 0.688. The number of ether oxygens (including phenoxy) is 1. The van der Waals surface area contributed by atoms with Crippen LogP contribution in [-0.4, -0.2) is 60.5 Å². The maximum absolute atomic E-state index is 9.42. The average Bonchev–Trinajstić information content (AvgIpc) is 3.04. The van der Waals surface area contributed by atoms with Crippen LogP contribution in [0, 0.1) is 25.2 Å². The second kappa shape index (κ2) is 6.59. The van der Waals surface area contributed by atoms with Gasteiger partial charge in [0.2, 0.25) is 0 Å². The van der Waals surface area contributed by atoms with Gasteiger partial charge in [0, 0.05) is 39.3 Å². The van der Waals surface area contributed by atoms with E-state index in [4.69, 9.17) is 4.74 Å². The maximum Gasteiger partial charge on any atom is 0.169 e. The summed E-state index contributed by atoms with van der Waals surface area (Å²) in [5.41, 5.74) is 2.44. The molecule has 1 atom stereocenters. The van der Waals surface area contributed by atoms with Crippen molar-refractivity contribution < 1.29 is 4.74 Å². The van der Waals surface area contributed by atoms with Gasteiger partial charge >= 0.3 is 0 Å². The van der Waals surface area contributed by atoms with Crippen molar-refractivity contribution in [2.24, 2.45) is 0 Å². The minimum Gasteiger partial charge on any atom is -0.377 e. The molecule has 118 valence electrons. The Morgan fingerprint density at radius 3 is 2.64 bits per heavy atom. The molecule has 0 saturated carbocycles. The quantitative estimate of drug-likeness (QED) is 0.837. The highest BCUT2D eigenvalue weighted by molar-refractivity contribution is 5.57. The van der Waals surface area contributed by atoms with Crippen molar-refractivity contribution in [2.45, 2.75) is 32.8 Å². The number of hydrogen-bond donors (Lipinski definition) is 0. The van der Waals surface area contributed by atoms with E-state index >= 15 is 0 Å². The summed E-state index contributed by atoms with van der Waals surface area (Å²) in [5.74, 6) is 0.738. The van der Waals surface area contributed by atoms with Gasteiger partial charge in [0.1, 0.15) is 11.6 Å². The van der Waals surface area contributed by atoms with Crippen LogP contribution in [0.5, 0.6) is 0 Å². The molecule has 2 fully saturated rings. The molecule has 2 saturated heterocycles. The van der Waals surface area contributed by atoms with Gasteiger partial charge in [-0.1, -0.05) is 0 Å². The van der Waals surface area contributed by atoms with E-state index in [9.17, 15) is 5.26 Å². The normalized spacial score (nSPS) is 22.8. The molecule has 0 radical (unpaired) electrons. The van der Waals surface area contributed by atoms with Gasteiger partial charge in [-0.25, -0.2) is 0 Å². The third-order valence-electron chi connectivity index (χ3n) is 4.71. The minimum absolute atomic E-state index is 0.405. The standard InChI is InChI=1S/C16H23N5O/c1-12-13(2)18-19-16(15(12)10-17)21-7-5-20(6-8-21)11-14-4-3-9-22-14/h14H,3-9,11H2,1-2H3/t14-/m0/s1. The number of rotatable bonds is 3. The van der Waals surface area contributed by atoms with Gasteiger partial charge in [0.15, 0.2) is 5.82 Å². The summed E-state index contributed by atoms with van der Waals surface area (Å²) < 4.78 is 5.71. The third-order valence-corrected chi connectivity index (χ3v) is 4.71. The van der Waals surface area contributed by atoms with Crippen LogP contribution >= 0.6 is 0 Å². The van der Waals surface area contributed by atoms with Crippen molar-refractivity contribution in [3.05, 3.63) is 16.8 Å². The second-order valence-electron chi connectivity index (χ2n) is 6.14. The van der Waals surface area contributed by atoms with Gasteiger partial charge in [-0.2, -0.15) is 10.4 Å².